The van der Waals surface area contributed by atoms with Gasteiger partial charge < -0.3 is 5.11 Å². The fraction of sp³-hybridized carbons (Fsp3) is 0.833. The lowest BCUT2D eigenvalue weighted by Gasteiger charge is -1.93. The lowest BCUT2D eigenvalue weighted by molar-refractivity contribution is -0.122. The first-order valence-corrected chi connectivity index (χ1v) is 3.34. The van der Waals surface area contributed by atoms with Gasteiger partial charge in [-0.3, -0.25) is 16.1 Å². The van der Waals surface area contributed by atoms with E-state index >= 15 is 0 Å². The highest BCUT2D eigenvalue weighted by molar-refractivity contribution is 5.32. The van der Waals surface area contributed by atoms with Crippen molar-refractivity contribution in [3.63, 3.8) is 0 Å². The molecule has 4 heteroatoms. The predicted octanol–water partition coefficient (Wildman–Crippen LogP) is 0.341. The summed E-state index contributed by atoms with van der Waals surface area (Å²) in [5.41, 5.74) is 2.60. The van der Waals surface area contributed by atoms with E-state index in [0.29, 0.717) is 0 Å². The van der Waals surface area contributed by atoms with Crippen LogP contribution in [0.5, 0.6) is 0 Å². The number of nitrogens with one attached hydrogen (secondary N) is 1. The molecule has 10 heavy (non-hydrogen) atoms. The Morgan fingerprint density at radius 1 is 1.60 bits per heavy atom. The van der Waals surface area contributed by atoms with Gasteiger partial charge in [-0.2, -0.15) is 0 Å². The maximum atomic E-state index is 8.36. The molecule has 62 valence electrons. The second-order valence-electron chi connectivity index (χ2n) is 1.77. The molecule has 0 atom stereocenters. The monoisotopic (exact) mass is 148 g/mol. The smallest absolute Gasteiger partial charge is 0.290 e. The van der Waals surface area contributed by atoms with Crippen molar-refractivity contribution in [2.24, 2.45) is 5.84 Å². The molecule has 0 aliphatic heterocycles. The van der Waals surface area contributed by atoms with Crippen LogP contribution in [0.3, 0.4) is 0 Å². The van der Waals surface area contributed by atoms with Gasteiger partial charge in [0.2, 0.25) is 0 Å². The molecule has 0 radical (unpaired) electrons. The molecule has 0 bridgehead atoms. The Balaban J connectivity index is 0. The topological polar surface area (TPSA) is 75.3 Å². The van der Waals surface area contributed by atoms with Crippen molar-refractivity contribution in [3.8, 4) is 0 Å². The van der Waals surface area contributed by atoms with Crippen molar-refractivity contribution in [1.82, 2.24) is 5.43 Å². The molecule has 0 rings (SSSR count). The van der Waals surface area contributed by atoms with Crippen LogP contribution in [0.25, 0.3) is 0 Å². The van der Waals surface area contributed by atoms with Gasteiger partial charge in [-0.15, -0.1) is 0 Å². The Labute approximate surface area is 61.4 Å². The van der Waals surface area contributed by atoms with E-state index in [2.05, 4.69) is 12.3 Å². The van der Waals surface area contributed by atoms with E-state index in [1.165, 1.54) is 19.3 Å². The Morgan fingerprint density at radius 2 is 2.10 bits per heavy atom. The summed E-state index contributed by atoms with van der Waals surface area (Å²) in [6.07, 6.45) is 3.75. The minimum absolute atomic E-state index is 0.250. The van der Waals surface area contributed by atoms with Gasteiger partial charge in [0.25, 0.3) is 6.47 Å². The molecule has 0 spiro atoms. The van der Waals surface area contributed by atoms with Crippen LogP contribution in [0, 0.1) is 0 Å². The van der Waals surface area contributed by atoms with Crippen LogP contribution >= 0.6 is 0 Å². The van der Waals surface area contributed by atoms with E-state index in [0.717, 1.165) is 6.54 Å². The highest BCUT2D eigenvalue weighted by Crippen LogP contribution is 1.89. The quantitative estimate of drug-likeness (QED) is 0.232. The molecule has 0 aliphatic rings. The summed E-state index contributed by atoms with van der Waals surface area (Å²) in [5.74, 6) is 5.02. The minimum atomic E-state index is -0.250. The summed E-state index contributed by atoms with van der Waals surface area (Å²) in [6.45, 7) is 2.88. The van der Waals surface area contributed by atoms with Gasteiger partial charge in [-0.05, 0) is 6.42 Å². The zero-order chi connectivity index (χ0) is 8.24. The summed E-state index contributed by atoms with van der Waals surface area (Å²) < 4.78 is 0. The van der Waals surface area contributed by atoms with Gasteiger partial charge in [0.1, 0.15) is 0 Å². The number of unbranched alkanes of at least 4 members (excludes halogenated alkanes) is 2. The van der Waals surface area contributed by atoms with Gasteiger partial charge in [-0.25, -0.2) is 0 Å². The van der Waals surface area contributed by atoms with Crippen molar-refractivity contribution in [2.75, 3.05) is 6.54 Å². The van der Waals surface area contributed by atoms with Gasteiger partial charge in [-0.1, -0.05) is 19.8 Å². The highest BCUT2D eigenvalue weighted by Gasteiger charge is 1.79. The van der Waals surface area contributed by atoms with Crippen LogP contribution in [0.1, 0.15) is 26.2 Å². The third kappa shape index (κ3) is 26.3. The van der Waals surface area contributed by atoms with E-state index in [1.807, 2.05) is 0 Å². The van der Waals surface area contributed by atoms with E-state index in [4.69, 9.17) is 15.7 Å². The molecule has 0 heterocycles. The minimum Gasteiger partial charge on any atom is -0.483 e. The fourth-order valence-electron chi connectivity index (χ4n) is 0.477. The predicted molar refractivity (Wildman–Crippen MR) is 40.4 cm³/mol. The van der Waals surface area contributed by atoms with Gasteiger partial charge in [0.05, 0.1) is 0 Å². The number of carboxylic acid groups (broad SMARTS) is 1. The first kappa shape index (κ1) is 12.1. The average molecular weight is 148 g/mol. The average Bonchev–Trinajstić information content (AvgIpc) is 1.91. The molecule has 0 aromatic heterocycles. The van der Waals surface area contributed by atoms with E-state index < -0.39 is 0 Å². The van der Waals surface area contributed by atoms with Crippen LogP contribution in [0.2, 0.25) is 0 Å². The number of hydrogen-bond donors (Lipinski definition) is 3. The SMILES string of the molecule is CCCCCNN.O=CO. The van der Waals surface area contributed by atoms with Crippen LogP contribution in [-0.2, 0) is 4.79 Å². The Hall–Kier alpha value is -0.610. The normalized spacial score (nSPS) is 7.80. The third-order valence-electron chi connectivity index (χ3n) is 0.925. The van der Waals surface area contributed by atoms with E-state index in [-0.39, 0.29) is 6.47 Å². The Bertz CT molecular complexity index is 55.7. The molecule has 0 saturated carbocycles. The Kier molecular flexibility index (Phi) is 19.1. The van der Waals surface area contributed by atoms with Crippen molar-refractivity contribution in [2.45, 2.75) is 26.2 Å². The second-order valence-corrected chi connectivity index (χ2v) is 1.77. The first-order chi connectivity index (χ1) is 4.83. The van der Waals surface area contributed by atoms with Gasteiger partial charge >= 0.3 is 0 Å². The molecule has 0 aromatic carbocycles. The summed E-state index contributed by atoms with van der Waals surface area (Å²) in [6, 6.07) is 0. The fourth-order valence-corrected chi connectivity index (χ4v) is 0.477. The number of hydrazine groups is 1. The molecular weight excluding hydrogens is 132 g/mol. The molecule has 0 amide bonds. The van der Waals surface area contributed by atoms with Gasteiger partial charge in [0.15, 0.2) is 0 Å². The Morgan fingerprint density at radius 3 is 2.40 bits per heavy atom. The maximum absolute atomic E-state index is 8.36. The molecular formula is C6H16N2O2. The van der Waals surface area contributed by atoms with Crippen molar-refractivity contribution < 1.29 is 9.90 Å². The lowest BCUT2D eigenvalue weighted by atomic mass is 10.3. The number of carbonyl (C=O) groups is 1. The number of rotatable bonds is 4. The van der Waals surface area contributed by atoms with E-state index in [1.54, 1.807) is 0 Å². The summed E-state index contributed by atoms with van der Waals surface area (Å²) in [4.78, 5) is 8.36. The summed E-state index contributed by atoms with van der Waals surface area (Å²) in [5, 5.41) is 6.89. The van der Waals surface area contributed by atoms with Crippen molar-refractivity contribution in [1.29, 1.82) is 0 Å². The number of nitrogens with two attached hydrogens (primary N) is 1. The molecule has 0 fully saturated rings. The molecule has 0 aliphatic carbocycles. The zero-order valence-electron chi connectivity index (χ0n) is 6.34. The summed E-state index contributed by atoms with van der Waals surface area (Å²) >= 11 is 0. The van der Waals surface area contributed by atoms with Gasteiger partial charge in [0, 0.05) is 6.54 Å². The van der Waals surface area contributed by atoms with Crippen molar-refractivity contribution in [3.05, 3.63) is 0 Å². The largest absolute Gasteiger partial charge is 0.483 e. The standard InChI is InChI=1S/C5H14N2.CH2O2/c1-2-3-4-5-7-6;2-1-3/h7H,2-6H2,1H3;1H,(H,2,3). The van der Waals surface area contributed by atoms with Crippen LogP contribution < -0.4 is 11.3 Å². The van der Waals surface area contributed by atoms with Crippen LogP contribution in [0.15, 0.2) is 0 Å². The molecule has 4 N–H and O–H groups in total. The van der Waals surface area contributed by atoms with Crippen LogP contribution in [0.4, 0.5) is 0 Å². The molecule has 4 nitrogen and oxygen atoms in total. The first-order valence-electron chi connectivity index (χ1n) is 3.34. The third-order valence-corrected chi connectivity index (χ3v) is 0.925. The van der Waals surface area contributed by atoms with E-state index in [9.17, 15) is 0 Å². The lowest BCUT2D eigenvalue weighted by Crippen LogP contribution is -2.22. The number of hydrogen-bond acceptors (Lipinski definition) is 3. The zero-order valence-corrected chi connectivity index (χ0v) is 6.34. The molecule has 0 aromatic rings. The molecule has 0 unspecified atom stereocenters. The highest BCUT2D eigenvalue weighted by atomic mass is 16.3. The van der Waals surface area contributed by atoms with Crippen molar-refractivity contribution >= 4 is 6.47 Å². The second kappa shape index (κ2) is 15.8. The molecule has 0 saturated heterocycles. The maximum Gasteiger partial charge on any atom is 0.290 e. The summed E-state index contributed by atoms with van der Waals surface area (Å²) in [7, 11) is 0. The van der Waals surface area contributed by atoms with Crippen LogP contribution in [-0.4, -0.2) is 18.1 Å².